The largest absolute Gasteiger partial charge is 0.379 e. The maximum absolute atomic E-state index is 13.0. The van der Waals surface area contributed by atoms with Crippen LogP contribution in [0.2, 0.25) is 0 Å². The van der Waals surface area contributed by atoms with Crippen molar-refractivity contribution >= 4 is 22.6 Å². The van der Waals surface area contributed by atoms with Gasteiger partial charge < -0.3 is 14.2 Å². The van der Waals surface area contributed by atoms with Crippen LogP contribution in [0.25, 0.3) is 11.0 Å². The van der Waals surface area contributed by atoms with E-state index in [1.807, 2.05) is 23.1 Å². The van der Waals surface area contributed by atoms with E-state index >= 15 is 0 Å². The minimum atomic E-state index is 0.106. The average Bonchev–Trinajstić information content (AvgIpc) is 3.38. The van der Waals surface area contributed by atoms with Gasteiger partial charge in [-0.2, -0.15) is 0 Å². The monoisotopic (exact) mass is 418 g/mol. The predicted molar refractivity (Wildman–Crippen MR) is 123 cm³/mol. The van der Waals surface area contributed by atoms with E-state index in [4.69, 9.17) is 9.72 Å². The van der Waals surface area contributed by atoms with Gasteiger partial charge in [-0.05, 0) is 30.2 Å². The Morgan fingerprint density at radius 1 is 1.03 bits per heavy atom. The summed E-state index contributed by atoms with van der Waals surface area (Å²) in [5.74, 6) is 1.34. The number of morpholine rings is 1. The van der Waals surface area contributed by atoms with Crippen molar-refractivity contribution in [3.8, 4) is 0 Å². The molecule has 0 spiro atoms. The summed E-state index contributed by atoms with van der Waals surface area (Å²) in [6.45, 7) is 8.25. The number of ether oxygens (including phenoxy) is 1. The Hall–Kier alpha value is -2.70. The van der Waals surface area contributed by atoms with Gasteiger partial charge in [0.05, 0.1) is 24.2 Å². The van der Waals surface area contributed by atoms with Gasteiger partial charge in [0.25, 0.3) is 0 Å². The molecule has 1 aromatic heterocycles. The van der Waals surface area contributed by atoms with Gasteiger partial charge >= 0.3 is 0 Å². The van der Waals surface area contributed by atoms with Gasteiger partial charge in [-0.15, -0.1) is 0 Å². The number of carbonyl (C=O) groups is 1. The molecule has 2 aliphatic heterocycles. The van der Waals surface area contributed by atoms with E-state index in [0.717, 1.165) is 68.4 Å². The molecule has 6 heteroatoms. The summed E-state index contributed by atoms with van der Waals surface area (Å²) in [4.78, 5) is 22.4. The molecule has 1 atom stereocenters. The fraction of sp³-hybridized carbons (Fsp3) is 0.440. The second-order valence-corrected chi connectivity index (χ2v) is 8.45. The molecule has 162 valence electrons. The Morgan fingerprint density at radius 3 is 2.65 bits per heavy atom. The van der Waals surface area contributed by atoms with Crippen molar-refractivity contribution < 1.29 is 9.53 Å². The zero-order chi connectivity index (χ0) is 21.2. The number of aryl methyl sites for hydroxylation is 1. The minimum absolute atomic E-state index is 0.106. The molecular weight excluding hydrogens is 388 g/mol. The van der Waals surface area contributed by atoms with Crippen LogP contribution >= 0.6 is 0 Å². The number of carbonyl (C=O) groups excluding carboxylic acids is 1. The third-order valence-electron chi connectivity index (χ3n) is 6.58. The Balaban J connectivity index is 1.43. The Kier molecular flexibility index (Phi) is 5.74. The second-order valence-electron chi connectivity index (χ2n) is 8.45. The molecule has 0 aliphatic carbocycles. The number of hydrogen-bond acceptors (Lipinski definition) is 4. The van der Waals surface area contributed by atoms with E-state index in [9.17, 15) is 4.79 Å². The highest BCUT2D eigenvalue weighted by Gasteiger charge is 2.35. The van der Waals surface area contributed by atoms with Crippen molar-refractivity contribution in [1.82, 2.24) is 14.5 Å². The van der Waals surface area contributed by atoms with Crippen molar-refractivity contribution in [1.29, 1.82) is 0 Å². The molecule has 1 unspecified atom stereocenters. The smallest absolute Gasteiger partial charge is 0.227 e. The highest BCUT2D eigenvalue weighted by atomic mass is 16.5. The van der Waals surface area contributed by atoms with Crippen molar-refractivity contribution in [2.24, 2.45) is 0 Å². The third kappa shape index (κ3) is 3.98. The van der Waals surface area contributed by atoms with E-state index in [1.54, 1.807) is 0 Å². The molecule has 31 heavy (non-hydrogen) atoms. The van der Waals surface area contributed by atoms with Gasteiger partial charge in [0.15, 0.2) is 0 Å². The SMILES string of the molecule is CCc1ccccc1N1CC(c2nc3ccccc3n2CCN2CCOCC2)CC1=O. The maximum Gasteiger partial charge on any atom is 0.227 e. The highest BCUT2D eigenvalue weighted by Crippen LogP contribution is 2.34. The summed E-state index contributed by atoms with van der Waals surface area (Å²) >= 11 is 0. The van der Waals surface area contributed by atoms with Crippen LogP contribution in [-0.4, -0.2) is 59.8 Å². The molecule has 5 rings (SSSR count). The topological polar surface area (TPSA) is 50.6 Å². The zero-order valence-corrected chi connectivity index (χ0v) is 18.2. The number of amides is 1. The predicted octanol–water partition coefficient (Wildman–Crippen LogP) is 3.45. The molecule has 2 aromatic carbocycles. The van der Waals surface area contributed by atoms with E-state index in [-0.39, 0.29) is 11.8 Å². The Labute approximate surface area is 183 Å². The zero-order valence-electron chi connectivity index (χ0n) is 18.2. The van der Waals surface area contributed by atoms with Crippen molar-refractivity contribution in [3.63, 3.8) is 0 Å². The van der Waals surface area contributed by atoms with Gasteiger partial charge in [-0.3, -0.25) is 9.69 Å². The lowest BCUT2D eigenvalue weighted by molar-refractivity contribution is -0.117. The molecule has 2 saturated heterocycles. The van der Waals surface area contributed by atoms with Crippen LogP contribution in [0.5, 0.6) is 0 Å². The number of anilines is 1. The number of nitrogens with zero attached hydrogens (tertiary/aromatic N) is 4. The summed E-state index contributed by atoms with van der Waals surface area (Å²) in [5.41, 5.74) is 4.44. The Bertz CT molecular complexity index is 1070. The van der Waals surface area contributed by atoms with Crippen LogP contribution in [0.4, 0.5) is 5.69 Å². The molecule has 2 fully saturated rings. The molecule has 3 aromatic rings. The number of benzene rings is 2. The van der Waals surface area contributed by atoms with E-state index in [1.165, 1.54) is 5.56 Å². The van der Waals surface area contributed by atoms with Gasteiger partial charge in [0.1, 0.15) is 5.82 Å². The first-order chi connectivity index (χ1) is 15.2. The van der Waals surface area contributed by atoms with E-state index in [0.29, 0.717) is 13.0 Å². The normalized spacial score (nSPS) is 20.1. The summed E-state index contributed by atoms with van der Waals surface area (Å²) in [6.07, 6.45) is 1.43. The minimum Gasteiger partial charge on any atom is -0.379 e. The van der Waals surface area contributed by atoms with Crippen LogP contribution in [0.3, 0.4) is 0 Å². The maximum atomic E-state index is 13.0. The van der Waals surface area contributed by atoms with Gasteiger partial charge in [-0.25, -0.2) is 4.98 Å². The highest BCUT2D eigenvalue weighted by molar-refractivity contribution is 5.97. The third-order valence-corrected chi connectivity index (χ3v) is 6.58. The van der Waals surface area contributed by atoms with Crippen molar-refractivity contribution in [2.75, 3.05) is 44.3 Å². The van der Waals surface area contributed by atoms with Crippen molar-refractivity contribution in [2.45, 2.75) is 32.2 Å². The number of aromatic nitrogens is 2. The van der Waals surface area contributed by atoms with Gasteiger partial charge in [0, 0.05) is 50.7 Å². The fourth-order valence-electron chi connectivity index (χ4n) is 4.89. The number of hydrogen-bond donors (Lipinski definition) is 0. The van der Waals surface area contributed by atoms with Gasteiger partial charge in [0.2, 0.25) is 5.91 Å². The van der Waals surface area contributed by atoms with E-state index in [2.05, 4.69) is 46.7 Å². The quantitative estimate of drug-likeness (QED) is 0.615. The molecule has 1 amide bonds. The molecule has 0 radical (unpaired) electrons. The first-order valence-corrected chi connectivity index (χ1v) is 11.4. The molecule has 3 heterocycles. The van der Waals surface area contributed by atoms with Crippen LogP contribution in [0, 0.1) is 0 Å². The van der Waals surface area contributed by atoms with Crippen LogP contribution < -0.4 is 4.90 Å². The molecular formula is C25H30N4O2. The number of para-hydroxylation sites is 3. The first kappa shape index (κ1) is 20.2. The first-order valence-electron chi connectivity index (χ1n) is 11.4. The van der Waals surface area contributed by atoms with E-state index < -0.39 is 0 Å². The number of rotatable bonds is 6. The summed E-state index contributed by atoms with van der Waals surface area (Å²) in [5, 5.41) is 0. The fourth-order valence-corrected chi connectivity index (χ4v) is 4.89. The molecule has 0 N–H and O–H groups in total. The van der Waals surface area contributed by atoms with Crippen molar-refractivity contribution in [3.05, 3.63) is 59.9 Å². The van der Waals surface area contributed by atoms with Crippen LogP contribution in [0.1, 0.15) is 30.7 Å². The summed E-state index contributed by atoms with van der Waals surface area (Å²) in [7, 11) is 0. The average molecular weight is 419 g/mol. The molecule has 6 nitrogen and oxygen atoms in total. The van der Waals surface area contributed by atoms with Gasteiger partial charge in [-0.1, -0.05) is 37.3 Å². The van der Waals surface area contributed by atoms with Crippen LogP contribution in [0.15, 0.2) is 48.5 Å². The lowest BCUT2D eigenvalue weighted by Gasteiger charge is -2.27. The second kappa shape index (κ2) is 8.81. The summed E-state index contributed by atoms with van der Waals surface area (Å²) < 4.78 is 7.84. The standard InChI is InChI=1S/C25H30N4O2/c1-2-19-7-3-5-9-22(19)29-18-20(17-24(29)30)25-26-21-8-4-6-10-23(21)28(25)12-11-27-13-15-31-16-14-27/h3-10,20H,2,11-18H2,1H3. The summed E-state index contributed by atoms with van der Waals surface area (Å²) in [6, 6.07) is 16.6. The molecule has 0 saturated carbocycles. The number of fused-ring (bicyclic) bond motifs is 1. The molecule has 0 bridgehead atoms. The lowest BCUT2D eigenvalue weighted by Crippen LogP contribution is -2.38. The number of imidazole rings is 1. The lowest BCUT2D eigenvalue weighted by atomic mass is 10.1. The molecule has 2 aliphatic rings. The Morgan fingerprint density at radius 2 is 1.81 bits per heavy atom. The van der Waals surface area contributed by atoms with Crippen LogP contribution in [-0.2, 0) is 22.5 Å².